The predicted octanol–water partition coefficient (Wildman–Crippen LogP) is 3.55. The number of hydrogen-bond donors (Lipinski definition) is 0. The summed E-state index contributed by atoms with van der Waals surface area (Å²) in [6, 6.07) is 9.63. The molecular weight excluding hydrogens is 332 g/mol. The number of carbonyl (C=O) groups excluding carboxylic acids is 3. The summed E-state index contributed by atoms with van der Waals surface area (Å²) in [4.78, 5) is 35.6. The highest BCUT2D eigenvalue weighted by atomic mass is 16.5. The normalized spacial score (nSPS) is 14.5. The molecule has 0 unspecified atom stereocenters. The number of esters is 2. The van der Waals surface area contributed by atoms with Crippen molar-refractivity contribution in [3.8, 4) is 0 Å². The van der Waals surface area contributed by atoms with Crippen LogP contribution >= 0.6 is 0 Å². The van der Waals surface area contributed by atoms with Gasteiger partial charge in [-0.1, -0.05) is 43.3 Å². The summed E-state index contributed by atoms with van der Waals surface area (Å²) < 4.78 is 10.3. The average molecular weight is 358 g/mol. The van der Waals surface area contributed by atoms with Crippen molar-refractivity contribution in [3.63, 3.8) is 0 Å². The Bertz CT molecular complexity index is 629. The van der Waals surface area contributed by atoms with Crippen LogP contribution < -0.4 is 0 Å². The molecule has 1 aliphatic carbocycles. The van der Waals surface area contributed by atoms with Crippen LogP contribution in [0.25, 0.3) is 0 Å². The summed E-state index contributed by atoms with van der Waals surface area (Å²) in [6.07, 6.45) is 5.69. The summed E-state index contributed by atoms with van der Waals surface area (Å²) in [5.41, 5.74) is 1.07. The molecule has 0 spiro atoms. The van der Waals surface area contributed by atoms with E-state index in [0.29, 0.717) is 12.8 Å². The van der Waals surface area contributed by atoms with E-state index < -0.39 is 11.9 Å². The molecule has 0 radical (unpaired) electrons. The van der Waals surface area contributed by atoms with Crippen molar-refractivity contribution in [2.75, 3.05) is 6.61 Å². The highest BCUT2D eigenvalue weighted by Crippen LogP contribution is 2.21. The Balaban J connectivity index is 1.63. The van der Waals surface area contributed by atoms with E-state index in [4.69, 9.17) is 9.47 Å². The van der Waals surface area contributed by atoms with Crippen LogP contribution in [0.3, 0.4) is 0 Å². The SMILES string of the molecule is C=C(CC(=O)OC1CCCCC1)C(=O)OCC(=O)CCc1ccccc1. The number of hydrogen-bond acceptors (Lipinski definition) is 5. The van der Waals surface area contributed by atoms with Crippen LogP contribution in [0.2, 0.25) is 0 Å². The van der Waals surface area contributed by atoms with Crippen LogP contribution in [0.4, 0.5) is 0 Å². The zero-order valence-corrected chi connectivity index (χ0v) is 15.1. The van der Waals surface area contributed by atoms with Crippen molar-refractivity contribution >= 4 is 17.7 Å². The molecule has 26 heavy (non-hydrogen) atoms. The maximum absolute atomic E-state index is 11.9. The second kappa shape index (κ2) is 10.5. The molecule has 2 rings (SSSR count). The van der Waals surface area contributed by atoms with Crippen molar-refractivity contribution in [3.05, 3.63) is 48.0 Å². The van der Waals surface area contributed by atoms with Crippen LogP contribution in [0, 0.1) is 0 Å². The largest absolute Gasteiger partial charge is 0.462 e. The minimum atomic E-state index is -0.723. The third-order valence-electron chi connectivity index (χ3n) is 4.40. The topological polar surface area (TPSA) is 69.7 Å². The number of ether oxygens (including phenoxy) is 2. The second-order valence-electron chi connectivity index (χ2n) is 6.63. The molecule has 0 amide bonds. The Hall–Kier alpha value is -2.43. The summed E-state index contributed by atoms with van der Waals surface area (Å²) in [5, 5.41) is 0. The van der Waals surface area contributed by atoms with E-state index in [0.717, 1.165) is 31.2 Å². The van der Waals surface area contributed by atoms with E-state index in [2.05, 4.69) is 6.58 Å². The van der Waals surface area contributed by atoms with Gasteiger partial charge in [-0.15, -0.1) is 0 Å². The highest BCUT2D eigenvalue weighted by Gasteiger charge is 2.20. The van der Waals surface area contributed by atoms with Crippen molar-refractivity contribution in [2.45, 2.75) is 57.5 Å². The number of Topliss-reactive ketones (excluding diaryl/α,β-unsaturated/α-hetero) is 1. The van der Waals surface area contributed by atoms with Crippen LogP contribution in [-0.2, 0) is 30.3 Å². The molecule has 140 valence electrons. The lowest BCUT2D eigenvalue weighted by molar-refractivity contribution is -0.152. The minimum Gasteiger partial charge on any atom is -0.462 e. The van der Waals surface area contributed by atoms with Crippen molar-refractivity contribution in [2.24, 2.45) is 0 Å². The Morgan fingerprint density at radius 1 is 1.04 bits per heavy atom. The molecular formula is C21H26O5. The lowest BCUT2D eigenvalue weighted by Crippen LogP contribution is -2.22. The van der Waals surface area contributed by atoms with Gasteiger partial charge in [0.1, 0.15) is 12.7 Å². The standard InChI is InChI=1S/C21H26O5/c1-16(14-20(23)26-19-10-6-3-7-11-19)21(24)25-15-18(22)13-12-17-8-4-2-5-9-17/h2,4-5,8-9,19H,1,3,6-7,10-15H2. The first-order chi connectivity index (χ1) is 12.5. The smallest absolute Gasteiger partial charge is 0.334 e. The average Bonchev–Trinajstić information content (AvgIpc) is 2.65. The van der Waals surface area contributed by atoms with Gasteiger partial charge in [0.25, 0.3) is 0 Å². The fraction of sp³-hybridized carbons (Fsp3) is 0.476. The van der Waals surface area contributed by atoms with Gasteiger partial charge in [-0.3, -0.25) is 9.59 Å². The maximum atomic E-state index is 11.9. The molecule has 0 aromatic heterocycles. The lowest BCUT2D eigenvalue weighted by atomic mass is 9.98. The molecule has 1 saturated carbocycles. The molecule has 1 aromatic rings. The molecule has 1 aliphatic rings. The zero-order chi connectivity index (χ0) is 18.8. The zero-order valence-electron chi connectivity index (χ0n) is 15.1. The van der Waals surface area contributed by atoms with E-state index in [1.165, 1.54) is 6.42 Å². The van der Waals surface area contributed by atoms with Gasteiger partial charge in [0.15, 0.2) is 5.78 Å². The van der Waals surface area contributed by atoms with Crippen molar-refractivity contribution in [1.29, 1.82) is 0 Å². The summed E-state index contributed by atoms with van der Waals surface area (Å²) in [6.45, 7) is 3.27. The minimum absolute atomic E-state index is 0.0154. The van der Waals surface area contributed by atoms with E-state index >= 15 is 0 Å². The molecule has 0 atom stereocenters. The summed E-state index contributed by atoms with van der Waals surface area (Å²) in [7, 11) is 0. The van der Waals surface area contributed by atoms with Crippen molar-refractivity contribution in [1.82, 2.24) is 0 Å². The monoisotopic (exact) mass is 358 g/mol. The third-order valence-corrected chi connectivity index (χ3v) is 4.40. The second-order valence-corrected chi connectivity index (χ2v) is 6.63. The summed E-state index contributed by atoms with van der Waals surface area (Å²) in [5.74, 6) is -1.35. The van der Waals surface area contributed by atoms with E-state index in [1.54, 1.807) is 0 Å². The number of benzene rings is 1. The van der Waals surface area contributed by atoms with Gasteiger partial charge in [-0.2, -0.15) is 0 Å². The van der Waals surface area contributed by atoms with Gasteiger partial charge in [0.2, 0.25) is 0 Å². The molecule has 5 nitrogen and oxygen atoms in total. The van der Waals surface area contributed by atoms with E-state index in [9.17, 15) is 14.4 Å². The molecule has 0 saturated heterocycles. The first kappa shape index (κ1) is 19.9. The number of carbonyl (C=O) groups is 3. The lowest BCUT2D eigenvalue weighted by Gasteiger charge is -2.21. The fourth-order valence-electron chi connectivity index (χ4n) is 2.91. The Morgan fingerprint density at radius 2 is 1.73 bits per heavy atom. The molecule has 1 fully saturated rings. The quantitative estimate of drug-likeness (QED) is 0.499. The van der Waals surface area contributed by atoms with Gasteiger partial charge >= 0.3 is 11.9 Å². The molecule has 5 heteroatoms. The van der Waals surface area contributed by atoms with Crippen LogP contribution in [0.1, 0.15) is 50.5 Å². The fourth-order valence-corrected chi connectivity index (χ4v) is 2.91. The van der Waals surface area contributed by atoms with Crippen LogP contribution in [0.5, 0.6) is 0 Å². The Labute approximate surface area is 154 Å². The third kappa shape index (κ3) is 7.21. The van der Waals surface area contributed by atoms with E-state index in [-0.39, 0.29) is 30.5 Å². The van der Waals surface area contributed by atoms with Gasteiger partial charge in [-0.25, -0.2) is 4.79 Å². The Kier molecular flexibility index (Phi) is 8.06. The Morgan fingerprint density at radius 3 is 2.42 bits per heavy atom. The molecule has 0 heterocycles. The van der Waals surface area contributed by atoms with Crippen LogP contribution in [-0.4, -0.2) is 30.4 Å². The number of aryl methyl sites for hydroxylation is 1. The molecule has 0 N–H and O–H groups in total. The van der Waals surface area contributed by atoms with Gasteiger partial charge in [0.05, 0.1) is 6.42 Å². The van der Waals surface area contributed by atoms with Gasteiger partial charge in [-0.05, 0) is 37.7 Å². The maximum Gasteiger partial charge on any atom is 0.334 e. The number of rotatable bonds is 9. The predicted molar refractivity (Wildman–Crippen MR) is 97.5 cm³/mol. The van der Waals surface area contributed by atoms with E-state index in [1.807, 2.05) is 30.3 Å². The first-order valence-corrected chi connectivity index (χ1v) is 9.14. The van der Waals surface area contributed by atoms with Crippen LogP contribution in [0.15, 0.2) is 42.5 Å². The van der Waals surface area contributed by atoms with Gasteiger partial charge < -0.3 is 9.47 Å². The first-order valence-electron chi connectivity index (χ1n) is 9.14. The molecule has 0 bridgehead atoms. The molecule has 0 aliphatic heterocycles. The number of ketones is 1. The molecule has 1 aromatic carbocycles. The highest BCUT2D eigenvalue weighted by molar-refractivity contribution is 5.94. The van der Waals surface area contributed by atoms with Gasteiger partial charge in [0, 0.05) is 12.0 Å². The van der Waals surface area contributed by atoms with Crippen molar-refractivity contribution < 1.29 is 23.9 Å². The summed E-state index contributed by atoms with van der Waals surface area (Å²) >= 11 is 0.